The Balaban J connectivity index is 1.46. The van der Waals surface area contributed by atoms with Crippen LogP contribution in [-0.4, -0.2) is 36.2 Å². The van der Waals surface area contributed by atoms with Gasteiger partial charge in [-0.1, -0.05) is 30.3 Å². The first kappa shape index (κ1) is 14.3. The SMILES string of the molecule is CC(C)c1nc2n(n1)C[C@H](Nc1nnc(-c3ccon3)s1)CC2. The zero-order chi connectivity index (χ0) is 15.8. The highest BCUT2D eigenvalue weighted by Crippen LogP contribution is 2.26. The van der Waals surface area contributed by atoms with Gasteiger partial charge in [0.2, 0.25) is 5.13 Å². The van der Waals surface area contributed by atoms with Gasteiger partial charge >= 0.3 is 0 Å². The van der Waals surface area contributed by atoms with Gasteiger partial charge in [0.05, 0.1) is 6.54 Å². The lowest BCUT2D eigenvalue weighted by Crippen LogP contribution is -2.31. The van der Waals surface area contributed by atoms with Crippen LogP contribution in [0, 0.1) is 0 Å². The molecule has 0 saturated heterocycles. The van der Waals surface area contributed by atoms with Crippen molar-refractivity contribution in [1.29, 1.82) is 0 Å². The number of nitrogens with zero attached hydrogens (tertiary/aromatic N) is 6. The third kappa shape index (κ3) is 2.83. The van der Waals surface area contributed by atoms with Crippen LogP contribution in [0.15, 0.2) is 16.9 Å². The van der Waals surface area contributed by atoms with Gasteiger partial charge in [0.1, 0.15) is 17.8 Å². The summed E-state index contributed by atoms with van der Waals surface area (Å²) >= 11 is 1.47. The first-order valence-corrected chi connectivity index (χ1v) is 8.45. The van der Waals surface area contributed by atoms with Gasteiger partial charge in [-0.2, -0.15) is 5.10 Å². The average Bonchev–Trinajstić information content (AvgIpc) is 3.26. The van der Waals surface area contributed by atoms with E-state index in [1.54, 1.807) is 6.07 Å². The van der Waals surface area contributed by atoms with Crippen molar-refractivity contribution < 1.29 is 4.52 Å². The first-order chi connectivity index (χ1) is 11.2. The molecule has 3 aromatic heterocycles. The molecule has 120 valence electrons. The molecule has 0 amide bonds. The summed E-state index contributed by atoms with van der Waals surface area (Å²) in [5.74, 6) is 2.35. The van der Waals surface area contributed by atoms with Gasteiger partial charge < -0.3 is 9.84 Å². The van der Waals surface area contributed by atoms with Crippen LogP contribution in [0.1, 0.15) is 37.8 Å². The Hall–Kier alpha value is -2.29. The van der Waals surface area contributed by atoms with Crippen LogP contribution in [0.2, 0.25) is 0 Å². The molecule has 9 heteroatoms. The quantitative estimate of drug-likeness (QED) is 0.784. The van der Waals surface area contributed by atoms with Crippen molar-refractivity contribution in [3.63, 3.8) is 0 Å². The standard InChI is InChI=1S/C14H17N7OS/c1-8(2)12-16-11-4-3-9(7-21(11)19-12)15-14-18-17-13(23-14)10-5-6-22-20-10/h5-6,8-9H,3-4,7H2,1-2H3,(H,15,18)/t9-/m1/s1. The molecule has 23 heavy (non-hydrogen) atoms. The number of fused-ring (bicyclic) bond motifs is 1. The maximum Gasteiger partial charge on any atom is 0.206 e. The van der Waals surface area contributed by atoms with Crippen LogP contribution in [0.5, 0.6) is 0 Å². The number of hydrogen-bond acceptors (Lipinski definition) is 8. The van der Waals surface area contributed by atoms with Crippen LogP contribution >= 0.6 is 11.3 Å². The van der Waals surface area contributed by atoms with Gasteiger partial charge in [-0.3, -0.25) is 0 Å². The van der Waals surface area contributed by atoms with Crippen LogP contribution < -0.4 is 5.32 Å². The van der Waals surface area contributed by atoms with E-state index < -0.39 is 0 Å². The van der Waals surface area contributed by atoms with Crippen LogP contribution in [0.25, 0.3) is 10.7 Å². The molecule has 0 radical (unpaired) electrons. The average molecular weight is 331 g/mol. The lowest BCUT2D eigenvalue weighted by Gasteiger charge is -2.22. The van der Waals surface area contributed by atoms with Crippen molar-refractivity contribution in [1.82, 2.24) is 30.1 Å². The maximum atomic E-state index is 4.84. The first-order valence-electron chi connectivity index (χ1n) is 7.63. The topological polar surface area (TPSA) is 94.6 Å². The van der Waals surface area contributed by atoms with Crippen LogP contribution in [-0.2, 0) is 13.0 Å². The molecule has 0 unspecified atom stereocenters. The number of aryl methyl sites for hydroxylation is 1. The van der Waals surface area contributed by atoms with Gasteiger partial charge in [-0.15, -0.1) is 10.2 Å². The molecule has 4 rings (SSSR count). The zero-order valence-electron chi connectivity index (χ0n) is 12.9. The van der Waals surface area contributed by atoms with Gasteiger partial charge in [0.25, 0.3) is 0 Å². The van der Waals surface area contributed by atoms with E-state index in [1.807, 2.05) is 4.68 Å². The van der Waals surface area contributed by atoms with Crippen molar-refractivity contribution in [2.75, 3.05) is 5.32 Å². The Morgan fingerprint density at radius 1 is 1.39 bits per heavy atom. The molecule has 8 nitrogen and oxygen atoms in total. The van der Waals surface area contributed by atoms with Crippen LogP contribution in [0.4, 0.5) is 5.13 Å². The molecular weight excluding hydrogens is 314 g/mol. The molecule has 1 aliphatic heterocycles. The highest BCUT2D eigenvalue weighted by atomic mass is 32.1. The van der Waals surface area contributed by atoms with Crippen molar-refractivity contribution in [3.8, 4) is 10.7 Å². The summed E-state index contributed by atoms with van der Waals surface area (Å²) in [6.45, 7) is 5.03. The van der Waals surface area contributed by atoms with E-state index >= 15 is 0 Å². The third-order valence-corrected chi connectivity index (χ3v) is 4.68. The number of anilines is 1. The number of rotatable bonds is 4. The zero-order valence-corrected chi connectivity index (χ0v) is 13.7. The lowest BCUT2D eigenvalue weighted by atomic mass is 10.1. The Morgan fingerprint density at radius 3 is 3.09 bits per heavy atom. The summed E-state index contributed by atoms with van der Waals surface area (Å²) in [6, 6.07) is 2.06. The Kier molecular flexibility index (Phi) is 3.56. The molecule has 3 aromatic rings. The fourth-order valence-corrected chi connectivity index (χ4v) is 3.36. The van der Waals surface area contributed by atoms with E-state index in [0.29, 0.717) is 11.6 Å². The van der Waals surface area contributed by atoms with E-state index in [9.17, 15) is 0 Å². The molecular formula is C14H17N7OS. The van der Waals surface area contributed by atoms with E-state index in [0.717, 1.165) is 41.2 Å². The van der Waals surface area contributed by atoms with E-state index in [-0.39, 0.29) is 6.04 Å². The Morgan fingerprint density at radius 2 is 2.30 bits per heavy atom. The second-order valence-corrected chi connectivity index (χ2v) is 6.88. The predicted octanol–water partition coefficient (Wildman–Crippen LogP) is 2.33. The second-order valence-electron chi connectivity index (χ2n) is 5.90. The van der Waals surface area contributed by atoms with Gasteiger partial charge in [0, 0.05) is 24.4 Å². The molecule has 0 saturated carbocycles. The van der Waals surface area contributed by atoms with Crippen molar-refractivity contribution in [2.45, 2.75) is 45.2 Å². The fraction of sp³-hybridized carbons (Fsp3) is 0.500. The van der Waals surface area contributed by atoms with Crippen LogP contribution in [0.3, 0.4) is 0 Å². The predicted molar refractivity (Wildman–Crippen MR) is 85.2 cm³/mol. The minimum absolute atomic E-state index is 0.280. The maximum absolute atomic E-state index is 4.84. The number of hydrogen-bond donors (Lipinski definition) is 1. The second kappa shape index (κ2) is 5.73. The molecule has 1 N–H and O–H groups in total. The highest BCUT2D eigenvalue weighted by molar-refractivity contribution is 7.18. The molecule has 1 atom stereocenters. The molecule has 0 aliphatic carbocycles. The molecule has 0 aromatic carbocycles. The summed E-state index contributed by atoms with van der Waals surface area (Å²) in [4.78, 5) is 4.61. The third-order valence-electron chi connectivity index (χ3n) is 3.80. The summed E-state index contributed by atoms with van der Waals surface area (Å²) in [5.41, 5.74) is 0.708. The summed E-state index contributed by atoms with van der Waals surface area (Å²) in [7, 11) is 0. The largest absolute Gasteiger partial charge is 0.364 e. The van der Waals surface area contributed by atoms with E-state index in [4.69, 9.17) is 4.52 Å². The van der Waals surface area contributed by atoms with E-state index in [1.165, 1.54) is 17.6 Å². The Bertz CT molecular complexity index is 792. The minimum Gasteiger partial charge on any atom is -0.364 e. The Labute approximate surface area is 136 Å². The summed E-state index contributed by atoms with van der Waals surface area (Å²) < 4.78 is 6.85. The van der Waals surface area contributed by atoms with Gasteiger partial charge in [-0.05, 0) is 6.42 Å². The summed E-state index contributed by atoms with van der Waals surface area (Å²) in [5, 5.41) is 21.8. The molecule has 0 bridgehead atoms. The summed E-state index contributed by atoms with van der Waals surface area (Å²) in [6.07, 6.45) is 3.46. The monoisotopic (exact) mass is 331 g/mol. The minimum atomic E-state index is 0.280. The van der Waals surface area contributed by atoms with Crippen molar-refractivity contribution in [2.24, 2.45) is 0 Å². The number of nitrogens with one attached hydrogen (secondary N) is 1. The fourth-order valence-electron chi connectivity index (χ4n) is 2.57. The lowest BCUT2D eigenvalue weighted by molar-refractivity contribution is 0.422. The highest BCUT2D eigenvalue weighted by Gasteiger charge is 2.23. The number of aromatic nitrogens is 6. The molecule has 0 fully saturated rings. The van der Waals surface area contributed by atoms with Crippen molar-refractivity contribution in [3.05, 3.63) is 24.0 Å². The molecule has 1 aliphatic rings. The van der Waals surface area contributed by atoms with Gasteiger partial charge in [-0.25, -0.2) is 9.67 Å². The molecule has 0 spiro atoms. The normalized spacial score (nSPS) is 17.4. The van der Waals surface area contributed by atoms with Crippen molar-refractivity contribution >= 4 is 16.5 Å². The van der Waals surface area contributed by atoms with Gasteiger partial charge in [0.15, 0.2) is 10.8 Å². The van der Waals surface area contributed by atoms with E-state index in [2.05, 4.69) is 44.6 Å². The molecule has 4 heterocycles. The smallest absolute Gasteiger partial charge is 0.206 e.